The number of allylic oxidation sites excluding steroid dienone is 3. The number of fused-ring (bicyclic) bond motifs is 3. The number of benzene rings is 3. The summed E-state index contributed by atoms with van der Waals surface area (Å²) in [7, 11) is 0. The van der Waals surface area contributed by atoms with Crippen molar-refractivity contribution in [2.75, 3.05) is 0 Å². The molecule has 0 aromatic heterocycles. The van der Waals surface area contributed by atoms with Crippen molar-refractivity contribution in [1.29, 1.82) is 0 Å². The highest BCUT2D eigenvalue weighted by Gasteiger charge is 2.49. The lowest BCUT2D eigenvalue weighted by Gasteiger charge is -2.36. The van der Waals surface area contributed by atoms with Crippen LogP contribution < -0.4 is 0 Å². The van der Waals surface area contributed by atoms with Gasteiger partial charge in [-0.2, -0.15) is 0 Å². The highest BCUT2D eigenvalue weighted by molar-refractivity contribution is 6.53. The fraction of sp³-hybridized carbons (Fsp3) is 0.0370. The molecule has 3 aromatic rings. The number of carbonyl (C=O) groups is 4. The van der Waals surface area contributed by atoms with E-state index in [1.54, 1.807) is 72.8 Å². The Labute approximate surface area is 192 Å². The van der Waals surface area contributed by atoms with E-state index in [1.807, 2.05) is 0 Å². The molecule has 1 unspecified atom stereocenters. The molecular weight excluding hydrogens is 440 g/mol. The second-order valence-corrected chi connectivity index (χ2v) is 8.36. The maximum atomic E-state index is 13.6. The lowest BCUT2D eigenvalue weighted by Crippen LogP contribution is -2.36. The summed E-state index contributed by atoms with van der Waals surface area (Å²) in [5.74, 6) is -3.41. The van der Waals surface area contributed by atoms with Gasteiger partial charge in [0.05, 0.1) is 17.1 Å². The third-order valence-electron chi connectivity index (χ3n) is 6.22. The monoisotopic (exact) mass is 452 g/mol. The number of hydrogen-bond acceptors (Lipinski definition) is 5. The number of hydrogen-bond donors (Lipinski definition) is 0. The average molecular weight is 453 g/mol. The summed E-state index contributed by atoms with van der Waals surface area (Å²) in [5.41, 5.74) is 1.54. The Morgan fingerprint density at radius 2 is 1.06 bits per heavy atom. The molecule has 5 nitrogen and oxygen atoms in total. The van der Waals surface area contributed by atoms with Crippen LogP contribution in [0.5, 0.6) is 0 Å². The number of Topliss-reactive ketones (excluding diaryl/α,β-unsaturated/α-hetero) is 4. The van der Waals surface area contributed by atoms with Crippen molar-refractivity contribution in [3.05, 3.63) is 123 Å². The van der Waals surface area contributed by atoms with Gasteiger partial charge in [-0.15, -0.1) is 0 Å². The highest BCUT2D eigenvalue weighted by atomic mass is 35.5. The molecule has 0 radical (unpaired) electrons. The Hall–Kier alpha value is -4.09. The van der Waals surface area contributed by atoms with Crippen molar-refractivity contribution in [3.8, 4) is 0 Å². The molecule has 2 aliphatic carbocycles. The minimum Gasteiger partial charge on any atom is -0.452 e. The van der Waals surface area contributed by atoms with Crippen molar-refractivity contribution < 1.29 is 23.9 Å². The molecule has 0 bridgehead atoms. The fourth-order valence-corrected chi connectivity index (χ4v) is 4.99. The van der Waals surface area contributed by atoms with Crippen molar-refractivity contribution in [2.45, 2.75) is 5.92 Å². The standard InChI is InChI=1S/C27H13ClO5/c28-18-12-6-5-11-17(18)19-20-22(29)13-7-1-2-8-14(13)24(31)27(20)33-26-16-10-4-3-9-15(16)23(30)25(32)21(19)26/h1-12,19H. The van der Waals surface area contributed by atoms with E-state index in [4.69, 9.17) is 16.3 Å². The minimum atomic E-state index is -1.02. The van der Waals surface area contributed by atoms with Gasteiger partial charge in [-0.1, -0.05) is 78.3 Å². The first kappa shape index (κ1) is 19.6. The first-order valence-corrected chi connectivity index (χ1v) is 10.6. The fourth-order valence-electron chi connectivity index (χ4n) is 4.75. The van der Waals surface area contributed by atoms with Crippen LogP contribution in [-0.4, -0.2) is 23.1 Å². The Balaban J connectivity index is 1.70. The maximum absolute atomic E-state index is 13.6. The van der Waals surface area contributed by atoms with E-state index in [0.717, 1.165) is 0 Å². The molecule has 0 spiro atoms. The summed E-state index contributed by atoms with van der Waals surface area (Å²) in [6.07, 6.45) is 0. The van der Waals surface area contributed by atoms with Crippen molar-refractivity contribution in [3.63, 3.8) is 0 Å². The van der Waals surface area contributed by atoms with Crippen molar-refractivity contribution >= 4 is 40.5 Å². The molecule has 0 saturated heterocycles. The largest absolute Gasteiger partial charge is 0.452 e. The third kappa shape index (κ3) is 2.60. The first-order valence-electron chi connectivity index (χ1n) is 10.3. The molecule has 3 aromatic carbocycles. The molecule has 6 rings (SSSR count). The predicted octanol–water partition coefficient (Wildman–Crippen LogP) is 4.96. The van der Waals surface area contributed by atoms with E-state index in [0.29, 0.717) is 16.1 Å². The quantitative estimate of drug-likeness (QED) is 0.487. The van der Waals surface area contributed by atoms with Crippen LogP contribution in [-0.2, 0) is 9.53 Å². The Kier molecular flexibility index (Phi) is 4.13. The van der Waals surface area contributed by atoms with E-state index >= 15 is 0 Å². The van der Waals surface area contributed by atoms with E-state index in [1.165, 1.54) is 0 Å². The van der Waals surface area contributed by atoms with Crippen LogP contribution in [0.2, 0.25) is 5.02 Å². The van der Waals surface area contributed by atoms with E-state index in [-0.39, 0.29) is 39.4 Å². The van der Waals surface area contributed by atoms with Crippen molar-refractivity contribution in [1.82, 2.24) is 0 Å². The molecule has 33 heavy (non-hydrogen) atoms. The zero-order valence-corrected chi connectivity index (χ0v) is 17.7. The summed E-state index contributed by atoms with van der Waals surface area (Å²) in [5, 5.41) is 0.307. The zero-order valence-electron chi connectivity index (χ0n) is 16.9. The van der Waals surface area contributed by atoms with Crippen LogP contribution in [0.4, 0.5) is 0 Å². The summed E-state index contributed by atoms with van der Waals surface area (Å²) in [6, 6.07) is 19.8. The SMILES string of the molecule is O=C1C(=O)c2ccccc2C2=C1C(c1ccccc1Cl)C1=C(O2)C(=O)c2ccccc2C1=O. The third-order valence-corrected chi connectivity index (χ3v) is 6.57. The van der Waals surface area contributed by atoms with Gasteiger partial charge >= 0.3 is 0 Å². The molecule has 0 N–H and O–H groups in total. The molecule has 158 valence electrons. The summed E-state index contributed by atoms with van der Waals surface area (Å²) in [4.78, 5) is 53.5. The first-order chi connectivity index (χ1) is 16.0. The molecular formula is C27H13ClO5. The highest BCUT2D eigenvalue weighted by Crippen LogP contribution is 2.51. The van der Waals surface area contributed by atoms with E-state index in [9.17, 15) is 19.2 Å². The second-order valence-electron chi connectivity index (χ2n) is 7.95. The van der Waals surface area contributed by atoms with Crippen LogP contribution in [0.3, 0.4) is 0 Å². The molecule has 1 aliphatic heterocycles. The Morgan fingerprint density at radius 1 is 0.545 bits per heavy atom. The molecule has 0 fully saturated rings. The van der Waals surface area contributed by atoms with Crippen molar-refractivity contribution in [2.24, 2.45) is 0 Å². The number of halogens is 1. The second kappa shape index (κ2) is 6.95. The van der Waals surface area contributed by atoms with Gasteiger partial charge in [-0.05, 0) is 11.6 Å². The predicted molar refractivity (Wildman–Crippen MR) is 120 cm³/mol. The molecule has 0 amide bonds. The minimum absolute atomic E-state index is 0.0195. The van der Waals surface area contributed by atoms with Crippen LogP contribution in [0.15, 0.2) is 89.7 Å². The van der Waals surface area contributed by atoms with Gasteiger partial charge in [0.2, 0.25) is 17.3 Å². The summed E-state index contributed by atoms with van der Waals surface area (Å²) in [6.45, 7) is 0. The molecule has 1 heterocycles. The molecule has 0 saturated carbocycles. The summed E-state index contributed by atoms with van der Waals surface area (Å²) >= 11 is 6.51. The van der Waals surface area contributed by atoms with Gasteiger partial charge in [0.25, 0.3) is 0 Å². The van der Waals surface area contributed by atoms with Crippen LogP contribution >= 0.6 is 11.6 Å². The van der Waals surface area contributed by atoms with Gasteiger partial charge < -0.3 is 4.74 Å². The topological polar surface area (TPSA) is 77.5 Å². The summed E-state index contributed by atoms with van der Waals surface area (Å²) < 4.78 is 6.04. The number of carbonyl (C=O) groups excluding carboxylic acids is 4. The lowest BCUT2D eigenvalue weighted by atomic mass is 9.70. The van der Waals surface area contributed by atoms with Gasteiger partial charge in [0.15, 0.2) is 11.5 Å². The van der Waals surface area contributed by atoms with Crippen LogP contribution in [0, 0.1) is 0 Å². The van der Waals surface area contributed by atoms with Gasteiger partial charge in [-0.25, -0.2) is 0 Å². The van der Waals surface area contributed by atoms with E-state index < -0.39 is 29.1 Å². The van der Waals surface area contributed by atoms with Gasteiger partial charge in [0.1, 0.15) is 5.76 Å². The number of ether oxygens (including phenoxy) is 1. The smallest absolute Gasteiger partial charge is 0.234 e. The van der Waals surface area contributed by atoms with Gasteiger partial charge in [0, 0.05) is 27.3 Å². The molecule has 1 atom stereocenters. The number of ketones is 4. The van der Waals surface area contributed by atoms with Gasteiger partial charge in [-0.3, -0.25) is 19.2 Å². The van der Waals surface area contributed by atoms with Crippen LogP contribution in [0.1, 0.15) is 48.1 Å². The Bertz CT molecular complexity index is 1520. The van der Waals surface area contributed by atoms with Crippen LogP contribution in [0.25, 0.3) is 5.76 Å². The molecule has 6 heteroatoms. The number of rotatable bonds is 1. The molecule has 3 aliphatic rings. The normalized spacial score (nSPS) is 19.0. The van der Waals surface area contributed by atoms with E-state index in [2.05, 4.69) is 0 Å². The Morgan fingerprint density at radius 3 is 1.73 bits per heavy atom. The zero-order chi connectivity index (χ0) is 22.9. The maximum Gasteiger partial charge on any atom is 0.234 e. The lowest BCUT2D eigenvalue weighted by molar-refractivity contribution is -0.112. The average Bonchev–Trinajstić information content (AvgIpc) is 2.85.